The largest absolute Gasteiger partial charge is 0.433 e. The number of nitrogens with zero attached hydrogens (tertiary/aromatic N) is 4. The van der Waals surface area contributed by atoms with Gasteiger partial charge in [0.05, 0.1) is 29.1 Å². The molecule has 2 heterocycles. The summed E-state index contributed by atoms with van der Waals surface area (Å²) in [6, 6.07) is 7.33. The molecule has 0 aliphatic heterocycles. The van der Waals surface area contributed by atoms with E-state index in [9.17, 15) is 27.2 Å². The molecule has 10 heteroatoms. The van der Waals surface area contributed by atoms with Gasteiger partial charge >= 0.3 is 6.18 Å². The SMILES string of the molecule is N#Cc1ccc(F)cc1-c1c(F)ccc(-c2cnc3nc(C(F)(F)F)ccn23)c1F. The maximum absolute atomic E-state index is 15.3. The van der Waals surface area contributed by atoms with Crippen molar-refractivity contribution in [3.05, 3.63) is 77.5 Å². The normalized spacial score (nSPS) is 11.6. The van der Waals surface area contributed by atoms with Gasteiger partial charge in [-0.05, 0) is 36.4 Å². The lowest BCUT2D eigenvalue weighted by atomic mass is 9.96. The fourth-order valence-corrected chi connectivity index (χ4v) is 3.05. The van der Waals surface area contributed by atoms with E-state index in [-0.39, 0.29) is 28.2 Å². The Kier molecular flexibility index (Phi) is 4.46. The summed E-state index contributed by atoms with van der Waals surface area (Å²) in [6.07, 6.45) is -2.59. The molecule has 0 amide bonds. The molecule has 4 aromatic rings. The zero-order valence-corrected chi connectivity index (χ0v) is 14.7. The van der Waals surface area contributed by atoms with Crippen LogP contribution in [0.25, 0.3) is 28.2 Å². The van der Waals surface area contributed by atoms with Crippen molar-refractivity contribution in [3.8, 4) is 28.5 Å². The smallest absolute Gasteiger partial charge is 0.284 e. The minimum atomic E-state index is -4.69. The van der Waals surface area contributed by atoms with E-state index in [1.54, 1.807) is 6.07 Å². The highest BCUT2D eigenvalue weighted by Gasteiger charge is 2.33. The summed E-state index contributed by atoms with van der Waals surface area (Å²) in [7, 11) is 0. The standard InChI is InChI=1S/C20H8F6N4/c21-11-2-1-10(8-27)13(7-11)17-14(22)4-3-12(18(17)23)15-9-28-19-29-16(20(24,25)26)5-6-30(15)19/h1-7,9H. The molecule has 4 nitrogen and oxygen atoms in total. The number of alkyl halides is 3. The molecular weight excluding hydrogens is 410 g/mol. The lowest BCUT2D eigenvalue weighted by Gasteiger charge is -2.12. The van der Waals surface area contributed by atoms with E-state index in [0.717, 1.165) is 47.1 Å². The Morgan fingerprint density at radius 1 is 0.967 bits per heavy atom. The van der Waals surface area contributed by atoms with Crippen LogP contribution in [0.4, 0.5) is 26.3 Å². The minimum absolute atomic E-state index is 0.000106. The molecule has 0 aliphatic rings. The van der Waals surface area contributed by atoms with Gasteiger partial charge in [-0.25, -0.2) is 23.1 Å². The zero-order valence-electron chi connectivity index (χ0n) is 14.7. The van der Waals surface area contributed by atoms with Crippen molar-refractivity contribution in [3.63, 3.8) is 0 Å². The molecule has 0 radical (unpaired) electrons. The first kappa shape index (κ1) is 19.4. The zero-order chi connectivity index (χ0) is 21.6. The Morgan fingerprint density at radius 3 is 2.43 bits per heavy atom. The summed E-state index contributed by atoms with van der Waals surface area (Å²) < 4.78 is 83.1. The van der Waals surface area contributed by atoms with Crippen LogP contribution in [0, 0.1) is 28.8 Å². The molecule has 150 valence electrons. The van der Waals surface area contributed by atoms with Crippen molar-refractivity contribution in [1.29, 1.82) is 5.26 Å². The monoisotopic (exact) mass is 418 g/mol. The number of benzene rings is 2. The van der Waals surface area contributed by atoms with Gasteiger partial charge in [0.15, 0.2) is 0 Å². The number of hydrogen-bond donors (Lipinski definition) is 0. The van der Waals surface area contributed by atoms with Crippen LogP contribution < -0.4 is 0 Å². The quantitative estimate of drug-likeness (QED) is 0.411. The number of halogens is 6. The van der Waals surface area contributed by atoms with Gasteiger partial charge in [-0.3, -0.25) is 4.40 Å². The molecule has 0 atom stereocenters. The van der Waals surface area contributed by atoms with Crippen molar-refractivity contribution in [2.24, 2.45) is 0 Å². The molecule has 30 heavy (non-hydrogen) atoms. The average molecular weight is 418 g/mol. The molecule has 0 fully saturated rings. The van der Waals surface area contributed by atoms with Crippen LogP contribution in [0.15, 0.2) is 48.8 Å². The lowest BCUT2D eigenvalue weighted by Crippen LogP contribution is -2.09. The van der Waals surface area contributed by atoms with Crippen molar-refractivity contribution in [2.75, 3.05) is 0 Å². The van der Waals surface area contributed by atoms with Crippen molar-refractivity contribution >= 4 is 5.78 Å². The van der Waals surface area contributed by atoms with E-state index in [2.05, 4.69) is 9.97 Å². The van der Waals surface area contributed by atoms with Crippen LogP contribution in [0.1, 0.15) is 11.3 Å². The number of hydrogen-bond acceptors (Lipinski definition) is 3. The average Bonchev–Trinajstić information content (AvgIpc) is 3.11. The third-order valence-corrected chi connectivity index (χ3v) is 4.41. The second kappa shape index (κ2) is 6.88. The summed E-state index contributed by atoms with van der Waals surface area (Å²) in [4.78, 5) is 7.16. The highest BCUT2D eigenvalue weighted by atomic mass is 19.4. The number of aromatic nitrogens is 3. The molecular formula is C20H8F6N4. The predicted octanol–water partition coefficient (Wildman–Crippen LogP) is 5.37. The van der Waals surface area contributed by atoms with Crippen LogP contribution in [0.3, 0.4) is 0 Å². The molecule has 0 saturated carbocycles. The summed E-state index contributed by atoms with van der Waals surface area (Å²) in [5.41, 5.74) is -2.47. The van der Waals surface area contributed by atoms with Gasteiger partial charge in [0.2, 0.25) is 5.78 Å². The van der Waals surface area contributed by atoms with Crippen LogP contribution in [-0.4, -0.2) is 14.4 Å². The molecule has 2 aromatic carbocycles. The highest BCUT2D eigenvalue weighted by Crippen LogP contribution is 2.36. The van der Waals surface area contributed by atoms with E-state index in [1.165, 1.54) is 0 Å². The van der Waals surface area contributed by atoms with E-state index < -0.39 is 34.9 Å². The maximum atomic E-state index is 15.3. The Labute approximate surface area is 164 Å². The van der Waals surface area contributed by atoms with Crippen molar-refractivity contribution < 1.29 is 26.3 Å². The van der Waals surface area contributed by atoms with Gasteiger partial charge in [-0.15, -0.1) is 0 Å². The van der Waals surface area contributed by atoms with E-state index in [4.69, 9.17) is 0 Å². The molecule has 0 spiro atoms. The summed E-state index contributed by atoms with van der Waals surface area (Å²) >= 11 is 0. The number of fused-ring (bicyclic) bond motifs is 1. The third-order valence-electron chi connectivity index (χ3n) is 4.41. The molecule has 0 N–H and O–H groups in total. The fraction of sp³-hybridized carbons (Fsp3) is 0.0500. The highest BCUT2D eigenvalue weighted by molar-refractivity contribution is 5.77. The number of rotatable bonds is 2. The minimum Gasteiger partial charge on any atom is -0.284 e. The van der Waals surface area contributed by atoms with Gasteiger partial charge < -0.3 is 0 Å². The number of nitriles is 1. The third kappa shape index (κ3) is 3.14. The summed E-state index contributed by atoms with van der Waals surface area (Å²) in [5, 5.41) is 9.21. The van der Waals surface area contributed by atoms with E-state index >= 15 is 4.39 Å². The van der Waals surface area contributed by atoms with E-state index in [1.807, 2.05) is 0 Å². The van der Waals surface area contributed by atoms with Crippen molar-refractivity contribution in [1.82, 2.24) is 14.4 Å². The van der Waals surface area contributed by atoms with Gasteiger partial charge in [0.25, 0.3) is 0 Å². The topological polar surface area (TPSA) is 54.0 Å². The lowest BCUT2D eigenvalue weighted by molar-refractivity contribution is -0.141. The first-order chi connectivity index (χ1) is 14.2. The van der Waals surface area contributed by atoms with Crippen LogP contribution in [-0.2, 0) is 6.18 Å². The Bertz CT molecular complexity index is 1330. The van der Waals surface area contributed by atoms with Gasteiger partial charge in [-0.1, -0.05) is 0 Å². The molecule has 4 rings (SSSR count). The molecule has 0 unspecified atom stereocenters. The van der Waals surface area contributed by atoms with Gasteiger partial charge in [0.1, 0.15) is 23.1 Å². The molecule has 2 aromatic heterocycles. The summed E-state index contributed by atoms with van der Waals surface area (Å²) in [5.74, 6) is -3.30. The second-order valence-electron chi connectivity index (χ2n) is 6.21. The maximum Gasteiger partial charge on any atom is 0.433 e. The van der Waals surface area contributed by atoms with Crippen LogP contribution >= 0.6 is 0 Å². The second-order valence-corrected chi connectivity index (χ2v) is 6.21. The van der Waals surface area contributed by atoms with E-state index in [0.29, 0.717) is 6.07 Å². The molecule has 0 saturated heterocycles. The Morgan fingerprint density at radius 2 is 1.73 bits per heavy atom. The first-order valence-electron chi connectivity index (χ1n) is 8.30. The summed E-state index contributed by atoms with van der Waals surface area (Å²) in [6.45, 7) is 0. The van der Waals surface area contributed by atoms with Crippen molar-refractivity contribution in [2.45, 2.75) is 6.18 Å². The Balaban J connectivity index is 1.94. The predicted molar refractivity (Wildman–Crippen MR) is 93.5 cm³/mol. The number of imidazole rings is 1. The first-order valence-corrected chi connectivity index (χ1v) is 8.30. The molecule has 0 aliphatic carbocycles. The Hall–Kier alpha value is -3.87. The van der Waals surface area contributed by atoms with Gasteiger partial charge in [0, 0.05) is 17.3 Å². The molecule has 0 bridgehead atoms. The fourth-order valence-electron chi connectivity index (χ4n) is 3.05. The van der Waals surface area contributed by atoms with Gasteiger partial charge in [-0.2, -0.15) is 18.4 Å². The van der Waals surface area contributed by atoms with Crippen LogP contribution in [0.5, 0.6) is 0 Å². The van der Waals surface area contributed by atoms with Crippen LogP contribution in [0.2, 0.25) is 0 Å².